The Labute approximate surface area is 107 Å². The third kappa shape index (κ3) is 2.70. The Morgan fingerprint density at radius 3 is 3.06 bits per heavy atom. The largest absolute Gasteiger partial charge is 0.394 e. The second-order valence-electron chi connectivity index (χ2n) is 4.38. The zero-order valence-electron chi connectivity index (χ0n) is 10.9. The molecule has 1 fully saturated rings. The second kappa shape index (κ2) is 5.97. The van der Waals surface area contributed by atoms with Crippen LogP contribution >= 0.6 is 0 Å². The van der Waals surface area contributed by atoms with Gasteiger partial charge in [-0.3, -0.25) is 0 Å². The summed E-state index contributed by atoms with van der Waals surface area (Å²) in [5.74, 6) is 2.29. The lowest BCUT2D eigenvalue weighted by atomic mass is 10.2. The van der Waals surface area contributed by atoms with Crippen LogP contribution in [0.15, 0.2) is 6.07 Å². The lowest BCUT2D eigenvalue weighted by Crippen LogP contribution is -2.33. The van der Waals surface area contributed by atoms with Gasteiger partial charge in [0.15, 0.2) is 5.82 Å². The molecule has 0 radical (unpaired) electrons. The van der Waals surface area contributed by atoms with Crippen LogP contribution in [0.1, 0.15) is 18.7 Å². The lowest BCUT2D eigenvalue weighted by Gasteiger charge is -2.24. The van der Waals surface area contributed by atoms with Crippen molar-refractivity contribution in [2.24, 2.45) is 0 Å². The van der Waals surface area contributed by atoms with Crippen molar-refractivity contribution in [2.75, 3.05) is 37.5 Å². The first-order chi connectivity index (χ1) is 8.78. The van der Waals surface area contributed by atoms with Gasteiger partial charge in [-0.1, -0.05) is 0 Å². The van der Waals surface area contributed by atoms with E-state index in [4.69, 9.17) is 4.74 Å². The summed E-state index contributed by atoms with van der Waals surface area (Å²) in [7, 11) is 3.46. The van der Waals surface area contributed by atoms with Crippen LogP contribution in [0.4, 0.5) is 11.6 Å². The van der Waals surface area contributed by atoms with Gasteiger partial charge in [0.2, 0.25) is 0 Å². The molecule has 1 aliphatic heterocycles. The lowest BCUT2D eigenvalue weighted by molar-refractivity contribution is 0.178. The van der Waals surface area contributed by atoms with Crippen LogP contribution in [0.5, 0.6) is 0 Å². The minimum atomic E-state index is 0.165. The number of ether oxygens (including phenoxy) is 1. The van der Waals surface area contributed by atoms with Crippen molar-refractivity contribution in [1.29, 1.82) is 0 Å². The average molecular weight is 252 g/mol. The molecule has 2 heterocycles. The molecule has 2 N–H and O–H groups in total. The zero-order chi connectivity index (χ0) is 13.0. The maximum Gasteiger partial charge on any atom is 0.158 e. The highest BCUT2D eigenvalue weighted by Gasteiger charge is 2.25. The minimum Gasteiger partial charge on any atom is -0.394 e. The Morgan fingerprint density at radius 2 is 2.39 bits per heavy atom. The van der Waals surface area contributed by atoms with Crippen molar-refractivity contribution in [3.8, 4) is 0 Å². The van der Waals surface area contributed by atoms with E-state index in [0.29, 0.717) is 12.4 Å². The zero-order valence-corrected chi connectivity index (χ0v) is 10.9. The molecule has 0 bridgehead atoms. The SMILES string of the molecule is CNc1cc(N2CCCC2CO)nc(COC)n1. The summed E-state index contributed by atoms with van der Waals surface area (Å²) in [6, 6.07) is 2.08. The van der Waals surface area contributed by atoms with Gasteiger partial charge < -0.3 is 20.1 Å². The standard InChI is InChI=1S/C12H20N4O2/c1-13-10-6-12(15-11(14-10)8-18-2)16-5-3-4-9(16)7-17/h6,9,17H,3-5,7-8H2,1-2H3,(H,13,14,15). The van der Waals surface area contributed by atoms with E-state index in [1.165, 1.54) is 0 Å². The van der Waals surface area contributed by atoms with Crippen molar-refractivity contribution < 1.29 is 9.84 Å². The first kappa shape index (κ1) is 13.0. The van der Waals surface area contributed by atoms with Crippen molar-refractivity contribution >= 4 is 11.6 Å². The first-order valence-corrected chi connectivity index (χ1v) is 6.20. The maximum atomic E-state index is 9.37. The van der Waals surface area contributed by atoms with Crippen LogP contribution in [0, 0.1) is 0 Å². The molecule has 1 saturated heterocycles. The van der Waals surface area contributed by atoms with Gasteiger partial charge in [0, 0.05) is 26.8 Å². The fourth-order valence-electron chi connectivity index (χ4n) is 2.28. The molecule has 1 atom stereocenters. The number of methoxy groups -OCH3 is 1. The molecule has 100 valence electrons. The molecule has 6 heteroatoms. The summed E-state index contributed by atoms with van der Waals surface area (Å²) in [6.45, 7) is 1.48. The van der Waals surface area contributed by atoms with Crippen LogP contribution in [-0.4, -0.2) is 48.4 Å². The monoisotopic (exact) mass is 252 g/mol. The van der Waals surface area contributed by atoms with Gasteiger partial charge in [-0.25, -0.2) is 9.97 Å². The van der Waals surface area contributed by atoms with Crippen molar-refractivity contribution in [3.05, 3.63) is 11.9 Å². The summed E-state index contributed by atoms with van der Waals surface area (Å²) < 4.78 is 5.08. The summed E-state index contributed by atoms with van der Waals surface area (Å²) in [6.07, 6.45) is 2.10. The smallest absolute Gasteiger partial charge is 0.158 e. The van der Waals surface area contributed by atoms with Gasteiger partial charge >= 0.3 is 0 Å². The summed E-state index contributed by atoms with van der Waals surface area (Å²) in [4.78, 5) is 11.0. The molecule has 6 nitrogen and oxygen atoms in total. The van der Waals surface area contributed by atoms with Crippen molar-refractivity contribution in [3.63, 3.8) is 0 Å². The molecule has 0 spiro atoms. The molecule has 1 aromatic heterocycles. The normalized spacial score (nSPS) is 19.3. The predicted molar refractivity (Wildman–Crippen MR) is 69.7 cm³/mol. The van der Waals surface area contributed by atoms with Crippen molar-refractivity contribution in [2.45, 2.75) is 25.5 Å². The van der Waals surface area contributed by atoms with Gasteiger partial charge in [-0.05, 0) is 12.8 Å². The molecule has 0 aliphatic carbocycles. The highest BCUT2D eigenvalue weighted by molar-refractivity contribution is 5.50. The van der Waals surface area contributed by atoms with E-state index in [1.54, 1.807) is 7.11 Å². The number of aliphatic hydroxyl groups excluding tert-OH is 1. The quantitative estimate of drug-likeness (QED) is 0.801. The Kier molecular flexibility index (Phi) is 4.33. The van der Waals surface area contributed by atoms with E-state index in [-0.39, 0.29) is 12.6 Å². The Balaban J connectivity index is 2.27. The Hall–Kier alpha value is -1.40. The number of aliphatic hydroxyl groups is 1. The third-order valence-electron chi connectivity index (χ3n) is 3.17. The van der Waals surface area contributed by atoms with E-state index in [1.807, 2.05) is 13.1 Å². The number of nitrogens with one attached hydrogen (secondary N) is 1. The molecular formula is C12H20N4O2. The van der Waals surface area contributed by atoms with Crippen LogP contribution in [0.2, 0.25) is 0 Å². The van der Waals surface area contributed by atoms with Crippen LogP contribution < -0.4 is 10.2 Å². The van der Waals surface area contributed by atoms with Crippen LogP contribution in [-0.2, 0) is 11.3 Å². The van der Waals surface area contributed by atoms with E-state index in [0.717, 1.165) is 31.0 Å². The molecule has 1 unspecified atom stereocenters. The summed E-state index contributed by atoms with van der Waals surface area (Å²) in [5, 5.41) is 12.4. The fourth-order valence-corrected chi connectivity index (χ4v) is 2.28. The molecule has 1 aliphatic rings. The third-order valence-corrected chi connectivity index (χ3v) is 3.17. The first-order valence-electron chi connectivity index (χ1n) is 6.20. The molecule has 2 rings (SSSR count). The molecular weight excluding hydrogens is 232 g/mol. The van der Waals surface area contributed by atoms with Gasteiger partial charge in [0.1, 0.15) is 18.2 Å². The summed E-state index contributed by atoms with van der Waals surface area (Å²) >= 11 is 0. The fraction of sp³-hybridized carbons (Fsp3) is 0.667. The number of rotatable bonds is 5. The molecule has 0 saturated carbocycles. The molecule has 18 heavy (non-hydrogen) atoms. The Morgan fingerprint density at radius 1 is 1.56 bits per heavy atom. The number of hydrogen-bond donors (Lipinski definition) is 2. The molecule has 0 amide bonds. The van der Waals surface area contributed by atoms with Crippen LogP contribution in [0.3, 0.4) is 0 Å². The topological polar surface area (TPSA) is 70.5 Å². The predicted octanol–water partition coefficient (Wildman–Crippen LogP) is 0.626. The highest BCUT2D eigenvalue weighted by atomic mass is 16.5. The van der Waals surface area contributed by atoms with E-state index in [2.05, 4.69) is 20.2 Å². The van der Waals surface area contributed by atoms with E-state index >= 15 is 0 Å². The number of aromatic nitrogens is 2. The van der Waals surface area contributed by atoms with Crippen molar-refractivity contribution in [1.82, 2.24) is 9.97 Å². The molecule has 1 aromatic rings. The second-order valence-corrected chi connectivity index (χ2v) is 4.38. The van der Waals surface area contributed by atoms with Gasteiger partial charge in [0.05, 0.1) is 12.6 Å². The molecule has 0 aromatic carbocycles. The number of hydrogen-bond acceptors (Lipinski definition) is 6. The van der Waals surface area contributed by atoms with E-state index in [9.17, 15) is 5.11 Å². The Bertz CT molecular complexity index is 400. The maximum absolute atomic E-state index is 9.37. The number of nitrogens with zero attached hydrogens (tertiary/aromatic N) is 3. The van der Waals surface area contributed by atoms with E-state index < -0.39 is 0 Å². The van der Waals surface area contributed by atoms with Crippen LogP contribution in [0.25, 0.3) is 0 Å². The average Bonchev–Trinajstić information content (AvgIpc) is 2.87. The minimum absolute atomic E-state index is 0.165. The number of anilines is 2. The van der Waals surface area contributed by atoms with Gasteiger partial charge in [0.25, 0.3) is 0 Å². The van der Waals surface area contributed by atoms with Gasteiger partial charge in [-0.15, -0.1) is 0 Å². The summed E-state index contributed by atoms with van der Waals surface area (Å²) in [5.41, 5.74) is 0. The van der Waals surface area contributed by atoms with Gasteiger partial charge in [-0.2, -0.15) is 0 Å². The highest BCUT2D eigenvalue weighted by Crippen LogP contribution is 2.25.